The van der Waals surface area contributed by atoms with Gasteiger partial charge in [0.15, 0.2) is 0 Å². The Balaban J connectivity index is 1.79. The van der Waals surface area contributed by atoms with E-state index in [0.29, 0.717) is 6.42 Å². The summed E-state index contributed by atoms with van der Waals surface area (Å²) >= 11 is 1.78. The van der Waals surface area contributed by atoms with Crippen LogP contribution in [0.2, 0.25) is 0 Å². The summed E-state index contributed by atoms with van der Waals surface area (Å²) < 4.78 is 16.2. The minimum atomic E-state index is -0.842. The Morgan fingerprint density at radius 2 is 1.69 bits per heavy atom. The lowest BCUT2D eigenvalue weighted by Gasteiger charge is -2.22. The third-order valence-corrected chi connectivity index (χ3v) is 7.71. The van der Waals surface area contributed by atoms with Gasteiger partial charge >= 0.3 is 0 Å². The smallest absolute Gasteiger partial charge is 0.101 e. The molecule has 5 aromatic rings. The molecule has 0 saturated carbocycles. The summed E-state index contributed by atoms with van der Waals surface area (Å²) in [6.07, 6.45) is 1.54. The van der Waals surface area contributed by atoms with Crippen LogP contribution in [0.4, 0.5) is 4.39 Å². The van der Waals surface area contributed by atoms with Gasteiger partial charge in [0.25, 0.3) is 0 Å². The fourth-order valence-electron chi connectivity index (χ4n) is 4.74. The summed E-state index contributed by atoms with van der Waals surface area (Å²) in [7, 11) is 0. The van der Waals surface area contributed by atoms with Gasteiger partial charge in [0.2, 0.25) is 0 Å². The molecule has 2 heterocycles. The third-order valence-electron chi connectivity index (χ3n) is 6.36. The van der Waals surface area contributed by atoms with Gasteiger partial charge in [-0.2, -0.15) is 0 Å². The molecule has 3 aromatic carbocycles. The number of benzene rings is 3. The number of hydrogen-bond donors (Lipinski definition) is 0. The molecular weight excluding hydrogens is 413 g/mol. The SMILES string of the molecule is Cc1c(CC(C)F)ccc2c1sc1c(-c3cc(C(C)(C)C)c4ccccc4c3)nccc12. The van der Waals surface area contributed by atoms with Gasteiger partial charge in [-0.25, -0.2) is 4.39 Å². The fourth-order valence-corrected chi connectivity index (χ4v) is 6.07. The van der Waals surface area contributed by atoms with Gasteiger partial charge in [0.1, 0.15) is 6.17 Å². The number of aryl methyl sites for hydroxylation is 1. The number of aromatic nitrogens is 1. The molecule has 2 aromatic heterocycles. The zero-order valence-corrected chi connectivity index (χ0v) is 20.1. The van der Waals surface area contributed by atoms with Crippen molar-refractivity contribution in [2.24, 2.45) is 0 Å². The highest BCUT2D eigenvalue weighted by atomic mass is 32.1. The Morgan fingerprint density at radius 1 is 0.938 bits per heavy atom. The molecule has 0 aliphatic rings. The highest BCUT2D eigenvalue weighted by Crippen LogP contribution is 2.42. The Hall–Kier alpha value is -2.78. The van der Waals surface area contributed by atoms with Crippen molar-refractivity contribution in [2.75, 3.05) is 0 Å². The van der Waals surface area contributed by atoms with Gasteiger partial charge in [-0.3, -0.25) is 4.98 Å². The highest BCUT2D eigenvalue weighted by Gasteiger charge is 2.20. The average molecular weight is 442 g/mol. The van der Waals surface area contributed by atoms with Crippen LogP contribution in [-0.4, -0.2) is 11.2 Å². The van der Waals surface area contributed by atoms with E-state index in [1.165, 1.54) is 42.1 Å². The van der Waals surface area contributed by atoms with E-state index < -0.39 is 6.17 Å². The van der Waals surface area contributed by atoms with Crippen molar-refractivity contribution in [1.29, 1.82) is 0 Å². The predicted molar refractivity (Wildman–Crippen MR) is 138 cm³/mol. The number of alkyl halides is 1. The van der Waals surface area contributed by atoms with Crippen LogP contribution >= 0.6 is 11.3 Å². The lowest BCUT2D eigenvalue weighted by molar-refractivity contribution is 0.360. The van der Waals surface area contributed by atoms with Crippen molar-refractivity contribution in [3.8, 4) is 11.3 Å². The van der Waals surface area contributed by atoms with Crippen molar-refractivity contribution in [1.82, 2.24) is 4.98 Å². The van der Waals surface area contributed by atoms with Crippen LogP contribution in [0.3, 0.4) is 0 Å². The normalized spacial score (nSPS) is 13.3. The lowest BCUT2D eigenvalue weighted by Crippen LogP contribution is -2.12. The minimum Gasteiger partial charge on any atom is -0.255 e. The molecule has 0 aliphatic carbocycles. The summed E-state index contributed by atoms with van der Waals surface area (Å²) in [4.78, 5) is 4.85. The molecule has 1 unspecified atom stereocenters. The van der Waals surface area contributed by atoms with Crippen LogP contribution in [0.5, 0.6) is 0 Å². The summed E-state index contributed by atoms with van der Waals surface area (Å²) in [6, 6.07) is 19.6. The molecule has 1 atom stereocenters. The number of pyridine rings is 1. The first-order chi connectivity index (χ1) is 15.2. The number of halogens is 1. The zero-order valence-electron chi connectivity index (χ0n) is 19.3. The lowest BCUT2D eigenvalue weighted by atomic mass is 9.82. The second-order valence-corrected chi connectivity index (χ2v) is 10.9. The summed E-state index contributed by atoms with van der Waals surface area (Å²) in [5.41, 5.74) is 5.82. The van der Waals surface area contributed by atoms with E-state index in [9.17, 15) is 4.39 Å². The second kappa shape index (κ2) is 7.67. The van der Waals surface area contributed by atoms with E-state index in [0.717, 1.165) is 16.8 Å². The van der Waals surface area contributed by atoms with Crippen LogP contribution in [0.15, 0.2) is 60.8 Å². The molecule has 5 rings (SSSR count). The minimum absolute atomic E-state index is 0.0260. The monoisotopic (exact) mass is 441 g/mol. The zero-order chi connectivity index (χ0) is 22.6. The van der Waals surface area contributed by atoms with E-state index >= 15 is 0 Å². The predicted octanol–water partition coefficient (Wildman–Crippen LogP) is 8.78. The van der Waals surface area contributed by atoms with Gasteiger partial charge in [-0.15, -0.1) is 11.3 Å². The van der Waals surface area contributed by atoms with Crippen LogP contribution in [0, 0.1) is 6.92 Å². The van der Waals surface area contributed by atoms with Crippen LogP contribution in [0.1, 0.15) is 44.4 Å². The topological polar surface area (TPSA) is 12.9 Å². The maximum Gasteiger partial charge on any atom is 0.101 e. The van der Waals surface area contributed by atoms with E-state index in [-0.39, 0.29) is 5.41 Å². The van der Waals surface area contributed by atoms with E-state index in [1.54, 1.807) is 18.3 Å². The van der Waals surface area contributed by atoms with Crippen LogP contribution < -0.4 is 0 Å². The number of nitrogens with zero attached hydrogens (tertiary/aromatic N) is 1. The van der Waals surface area contributed by atoms with Crippen molar-refractivity contribution in [3.63, 3.8) is 0 Å². The first kappa shape index (κ1) is 21.1. The summed E-state index contributed by atoms with van der Waals surface area (Å²) in [6.45, 7) is 10.5. The molecule has 0 bridgehead atoms. The van der Waals surface area contributed by atoms with Crippen LogP contribution in [-0.2, 0) is 11.8 Å². The Kier molecular flexibility index (Phi) is 5.05. The van der Waals surface area contributed by atoms with Crippen molar-refractivity contribution in [2.45, 2.75) is 52.6 Å². The number of rotatable bonds is 3. The fraction of sp³-hybridized carbons (Fsp3) is 0.276. The Bertz CT molecular complexity index is 1470. The third kappa shape index (κ3) is 3.49. The van der Waals surface area contributed by atoms with E-state index in [1.807, 2.05) is 6.20 Å². The van der Waals surface area contributed by atoms with Gasteiger partial charge in [-0.05, 0) is 64.9 Å². The molecule has 0 saturated heterocycles. The molecule has 0 amide bonds. The largest absolute Gasteiger partial charge is 0.255 e. The van der Waals surface area contributed by atoms with Gasteiger partial charge in [0.05, 0.1) is 10.4 Å². The van der Waals surface area contributed by atoms with Gasteiger partial charge < -0.3 is 0 Å². The molecule has 0 aliphatic heterocycles. The molecule has 3 heteroatoms. The second-order valence-electron chi connectivity index (χ2n) is 9.84. The van der Waals surface area contributed by atoms with Crippen molar-refractivity contribution >= 4 is 42.3 Å². The molecule has 32 heavy (non-hydrogen) atoms. The molecule has 0 radical (unpaired) electrons. The summed E-state index contributed by atoms with van der Waals surface area (Å²) in [5, 5.41) is 5.00. The molecule has 1 nitrogen and oxygen atoms in total. The van der Waals surface area contributed by atoms with Crippen molar-refractivity contribution in [3.05, 3.63) is 77.5 Å². The number of fused-ring (bicyclic) bond motifs is 4. The van der Waals surface area contributed by atoms with Crippen LogP contribution in [0.25, 0.3) is 42.2 Å². The molecule has 162 valence electrons. The molecule has 0 N–H and O–H groups in total. The van der Waals surface area contributed by atoms with Gasteiger partial charge in [-0.1, -0.05) is 57.2 Å². The Morgan fingerprint density at radius 3 is 2.44 bits per heavy atom. The summed E-state index contributed by atoms with van der Waals surface area (Å²) in [5.74, 6) is 0. The number of thiophene rings is 1. The van der Waals surface area contributed by atoms with Crippen molar-refractivity contribution < 1.29 is 4.39 Å². The first-order valence-corrected chi connectivity index (χ1v) is 12.0. The number of hydrogen-bond acceptors (Lipinski definition) is 2. The first-order valence-electron chi connectivity index (χ1n) is 11.2. The van der Waals surface area contributed by atoms with Gasteiger partial charge in [0, 0.05) is 33.7 Å². The average Bonchev–Trinajstić information content (AvgIpc) is 3.13. The highest BCUT2D eigenvalue weighted by molar-refractivity contribution is 7.26. The quantitative estimate of drug-likeness (QED) is 0.273. The Labute approximate surface area is 192 Å². The molecule has 0 spiro atoms. The van der Waals surface area contributed by atoms with E-state index in [4.69, 9.17) is 4.98 Å². The van der Waals surface area contributed by atoms with E-state index in [2.05, 4.69) is 82.3 Å². The molecular formula is C29H28FNS. The maximum absolute atomic E-state index is 13.7. The molecule has 0 fully saturated rings. The standard InChI is InChI=1S/C29H28FNS/c1-17(30)14-19-10-11-23-24-12-13-31-26(28(24)32-27(23)18(19)2)21-15-20-8-6-7-9-22(20)25(16-21)29(3,4)5/h6-13,15-17H,14H2,1-5H3. The maximum atomic E-state index is 13.7.